The van der Waals surface area contributed by atoms with Gasteiger partial charge in [0.2, 0.25) is 0 Å². The topological polar surface area (TPSA) is 94.0 Å². The largest absolute Gasteiger partial charge is 0.512 e. The maximum Gasteiger partial charge on any atom is 0.338 e. The van der Waals surface area contributed by atoms with Crippen LogP contribution in [0.25, 0.3) is 10.6 Å². The van der Waals surface area contributed by atoms with E-state index in [2.05, 4.69) is 19.9 Å². The van der Waals surface area contributed by atoms with Crippen molar-refractivity contribution in [2.45, 2.75) is 76.4 Å². The van der Waals surface area contributed by atoms with Crippen molar-refractivity contribution in [2.24, 2.45) is 5.92 Å². The highest BCUT2D eigenvalue weighted by Gasteiger charge is 2.48. The van der Waals surface area contributed by atoms with Crippen LogP contribution in [0, 0.1) is 24.1 Å². The van der Waals surface area contributed by atoms with Crippen molar-refractivity contribution < 1.29 is 23.4 Å². The van der Waals surface area contributed by atoms with Gasteiger partial charge in [0.1, 0.15) is 28.6 Å². The molecule has 3 heterocycles. The van der Waals surface area contributed by atoms with E-state index in [0.717, 1.165) is 25.7 Å². The monoisotopic (exact) mass is 521 g/mol. The molecule has 1 saturated carbocycles. The third-order valence-corrected chi connectivity index (χ3v) is 7.78. The summed E-state index contributed by atoms with van der Waals surface area (Å²) >= 11 is 0. The second-order valence-corrected chi connectivity index (χ2v) is 10.7. The number of cyclic esters (lactones) is 1. The molecular formula is C28H29F2N5O3. The molecule has 1 atom stereocenters. The minimum atomic E-state index is -1.32. The minimum Gasteiger partial charge on any atom is -0.512 e. The van der Waals surface area contributed by atoms with Crippen LogP contribution in [-0.2, 0) is 27.9 Å². The third kappa shape index (κ3) is 4.73. The summed E-state index contributed by atoms with van der Waals surface area (Å²) in [5, 5.41) is 15.4. The van der Waals surface area contributed by atoms with Crippen LogP contribution in [-0.4, -0.2) is 36.3 Å². The van der Waals surface area contributed by atoms with Gasteiger partial charge in [0.05, 0.1) is 5.57 Å². The van der Waals surface area contributed by atoms with Crippen molar-refractivity contribution >= 4 is 11.7 Å². The lowest BCUT2D eigenvalue weighted by Crippen LogP contribution is -2.46. The molecule has 0 radical (unpaired) electrons. The fourth-order valence-electron chi connectivity index (χ4n) is 5.76. The quantitative estimate of drug-likeness (QED) is 0.330. The molecule has 0 saturated heterocycles. The van der Waals surface area contributed by atoms with E-state index in [1.165, 1.54) is 30.5 Å². The molecule has 1 fully saturated rings. The van der Waals surface area contributed by atoms with E-state index >= 15 is 0 Å². The lowest BCUT2D eigenvalue weighted by Gasteiger charge is -2.41. The number of ether oxygens (including phenoxy) is 1. The van der Waals surface area contributed by atoms with E-state index in [4.69, 9.17) is 11.3 Å². The SMILES string of the molecule is [C-]#[N+]C(C)(C)c1c(F)cc(CCC2(C3CCCC3)CC(O)=C(Cc3nc4ncccn4n3)C(=O)O2)cc1F. The average molecular weight is 522 g/mol. The van der Waals surface area contributed by atoms with Crippen molar-refractivity contribution in [1.29, 1.82) is 0 Å². The van der Waals surface area contributed by atoms with Gasteiger partial charge >= 0.3 is 5.97 Å². The van der Waals surface area contributed by atoms with Gasteiger partial charge in [-0.25, -0.2) is 29.6 Å². The lowest BCUT2D eigenvalue weighted by atomic mass is 9.76. The number of rotatable bonds is 7. The number of hydrogen-bond acceptors (Lipinski definition) is 6. The van der Waals surface area contributed by atoms with Gasteiger partial charge in [0.25, 0.3) is 11.3 Å². The zero-order valence-corrected chi connectivity index (χ0v) is 21.4. The number of halogens is 2. The van der Waals surface area contributed by atoms with E-state index in [1.54, 1.807) is 18.5 Å². The van der Waals surface area contributed by atoms with Gasteiger partial charge in [0, 0.05) is 39.1 Å². The number of carbonyl (C=O) groups is 1. The molecule has 1 aliphatic carbocycles. The Bertz CT molecular complexity index is 1410. The second-order valence-electron chi connectivity index (χ2n) is 10.7. The first-order valence-electron chi connectivity index (χ1n) is 12.8. The number of hydrogen-bond donors (Lipinski definition) is 1. The van der Waals surface area contributed by atoms with Crippen LogP contribution >= 0.6 is 0 Å². The number of fused-ring (bicyclic) bond motifs is 1. The van der Waals surface area contributed by atoms with Gasteiger partial charge in [-0.2, -0.15) is 4.98 Å². The van der Waals surface area contributed by atoms with Gasteiger partial charge in [0.15, 0.2) is 5.82 Å². The zero-order valence-electron chi connectivity index (χ0n) is 21.4. The molecular weight excluding hydrogens is 492 g/mol. The molecule has 198 valence electrons. The van der Waals surface area contributed by atoms with E-state index in [0.29, 0.717) is 23.6 Å². The predicted octanol–water partition coefficient (Wildman–Crippen LogP) is 5.42. The minimum absolute atomic E-state index is 0.00347. The molecule has 3 aromatic rings. The van der Waals surface area contributed by atoms with E-state index in [9.17, 15) is 18.7 Å². The van der Waals surface area contributed by atoms with Gasteiger partial charge in [-0.15, -0.1) is 5.10 Å². The summed E-state index contributed by atoms with van der Waals surface area (Å²) in [6, 6.07) is 4.22. The number of esters is 1. The Morgan fingerprint density at radius 1 is 1.26 bits per heavy atom. The first-order valence-corrected chi connectivity index (χ1v) is 12.8. The molecule has 1 N–H and O–H groups in total. The molecule has 8 nitrogen and oxygen atoms in total. The highest BCUT2D eigenvalue weighted by atomic mass is 19.1. The summed E-state index contributed by atoms with van der Waals surface area (Å²) < 4.78 is 37.4. The molecule has 1 aromatic carbocycles. The third-order valence-electron chi connectivity index (χ3n) is 7.78. The first kappa shape index (κ1) is 25.8. The molecule has 0 bridgehead atoms. The smallest absolute Gasteiger partial charge is 0.338 e. The van der Waals surface area contributed by atoms with E-state index in [1.807, 2.05) is 0 Å². The number of aromatic nitrogens is 4. The van der Waals surface area contributed by atoms with Crippen molar-refractivity contribution in [3.63, 3.8) is 0 Å². The molecule has 2 aliphatic rings. The Morgan fingerprint density at radius 3 is 2.61 bits per heavy atom. The van der Waals surface area contributed by atoms with Crippen LogP contribution in [0.2, 0.25) is 0 Å². The Balaban J connectivity index is 1.40. The van der Waals surface area contributed by atoms with Crippen molar-refractivity contribution in [3.8, 4) is 0 Å². The summed E-state index contributed by atoms with van der Waals surface area (Å²) in [6.45, 7) is 10.2. The predicted molar refractivity (Wildman–Crippen MR) is 134 cm³/mol. The summed E-state index contributed by atoms with van der Waals surface area (Å²) in [5.41, 5.74) is -2.04. The molecule has 1 unspecified atom stereocenters. The Kier molecular flexibility index (Phi) is 6.63. The Labute approximate surface area is 219 Å². The van der Waals surface area contributed by atoms with Gasteiger partial charge in [-0.05, 0) is 55.4 Å². The number of carbonyl (C=O) groups excluding carboxylic acids is 1. The molecule has 0 spiro atoms. The maximum atomic E-state index is 14.9. The number of aliphatic hydroxyl groups excluding tert-OH is 1. The Hall–Kier alpha value is -3.87. The molecule has 2 aromatic heterocycles. The van der Waals surface area contributed by atoms with Crippen LogP contribution < -0.4 is 0 Å². The standard InChI is InChI=1S/C28H29F2N5O3/c1-27(2,31-3)24-20(29)13-17(14-21(24)30)9-10-28(18-7-4-5-8-18)16-22(36)19(25(37)38-28)15-23-33-26-32-11-6-12-35(26)34-23/h6,11-14,18,36H,4-5,7-10,15-16H2,1-2H3. The van der Waals surface area contributed by atoms with Crippen LogP contribution in [0.5, 0.6) is 0 Å². The maximum absolute atomic E-state index is 14.9. The van der Waals surface area contributed by atoms with Crippen LogP contribution in [0.4, 0.5) is 8.78 Å². The normalized spacial score (nSPS) is 20.7. The van der Waals surface area contributed by atoms with Crippen molar-refractivity contribution in [3.05, 3.63) is 81.9 Å². The highest BCUT2D eigenvalue weighted by Crippen LogP contribution is 2.46. The summed E-state index contributed by atoms with van der Waals surface area (Å²) in [5.74, 6) is -1.47. The first-order chi connectivity index (χ1) is 18.1. The summed E-state index contributed by atoms with van der Waals surface area (Å²) in [6.07, 6.45) is 7.63. The van der Waals surface area contributed by atoms with Crippen molar-refractivity contribution in [1.82, 2.24) is 19.6 Å². The molecule has 1 aliphatic heterocycles. The van der Waals surface area contributed by atoms with Gasteiger partial charge in [-0.1, -0.05) is 12.8 Å². The fourth-order valence-corrected chi connectivity index (χ4v) is 5.76. The summed E-state index contributed by atoms with van der Waals surface area (Å²) in [7, 11) is 0. The molecule has 5 rings (SSSR count). The highest BCUT2D eigenvalue weighted by molar-refractivity contribution is 5.90. The Morgan fingerprint density at radius 2 is 1.97 bits per heavy atom. The number of aryl methyl sites for hydroxylation is 1. The number of aliphatic hydroxyl groups is 1. The fraction of sp³-hybridized carbons (Fsp3) is 0.464. The zero-order chi connectivity index (χ0) is 27.1. The van der Waals surface area contributed by atoms with Gasteiger partial charge in [-0.3, -0.25) is 0 Å². The number of nitrogens with zero attached hydrogens (tertiary/aromatic N) is 5. The van der Waals surface area contributed by atoms with Crippen LogP contribution in [0.1, 0.15) is 69.3 Å². The average Bonchev–Trinajstić information content (AvgIpc) is 3.55. The van der Waals surface area contributed by atoms with E-state index in [-0.39, 0.29) is 42.1 Å². The second kappa shape index (κ2) is 9.78. The molecule has 38 heavy (non-hydrogen) atoms. The van der Waals surface area contributed by atoms with Gasteiger partial charge < -0.3 is 14.7 Å². The van der Waals surface area contributed by atoms with E-state index < -0.39 is 28.7 Å². The lowest BCUT2D eigenvalue weighted by molar-refractivity contribution is -0.167. The van der Waals surface area contributed by atoms with Crippen LogP contribution in [0.3, 0.4) is 0 Å². The summed E-state index contributed by atoms with van der Waals surface area (Å²) in [4.78, 5) is 25.0. The van der Waals surface area contributed by atoms with Crippen LogP contribution in [0.15, 0.2) is 41.9 Å². The van der Waals surface area contributed by atoms with Crippen molar-refractivity contribution in [2.75, 3.05) is 0 Å². The molecule has 10 heteroatoms. The number of benzene rings is 1. The molecule has 0 amide bonds.